The van der Waals surface area contributed by atoms with Crippen molar-refractivity contribution in [3.05, 3.63) is 22.8 Å². The Bertz CT molecular complexity index is 437. The quantitative estimate of drug-likeness (QED) is 0.843. The van der Waals surface area contributed by atoms with E-state index >= 15 is 0 Å². The molecule has 100 valence electrons. The van der Waals surface area contributed by atoms with Gasteiger partial charge in [0.2, 0.25) is 5.88 Å². The fraction of sp³-hybridized carbons (Fsp3) is 0.400. The lowest BCUT2D eigenvalue weighted by molar-refractivity contribution is -0.136. The predicted octanol–water partition coefficient (Wildman–Crippen LogP) is 3.15. The monoisotopic (exact) mass is 283 g/mol. The summed E-state index contributed by atoms with van der Waals surface area (Å²) in [6, 6.07) is 1.12. The lowest BCUT2D eigenvalue weighted by Crippen LogP contribution is -2.10. The Morgan fingerprint density at radius 1 is 1.50 bits per heavy atom. The number of rotatable bonds is 5. The van der Waals surface area contributed by atoms with Gasteiger partial charge in [0.15, 0.2) is 0 Å². The van der Waals surface area contributed by atoms with Crippen molar-refractivity contribution >= 4 is 17.6 Å². The molecule has 1 aromatic heterocycles. The van der Waals surface area contributed by atoms with E-state index in [1.807, 2.05) is 0 Å². The topological polar surface area (TPSA) is 59.4 Å². The van der Waals surface area contributed by atoms with Crippen LogP contribution in [0.4, 0.5) is 13.2 Å². The summed E-state index contributed by atoms with van der Waals surface area (Å²) >= 11 is 5.67. The summed E-state index contributed by atoms with van der Waals surface area (Å²) in [4.78, 5) is 14.2. The van der Waals surface area contributed by atoms with E-state index in [1.165, 1.54) is 0 Å². The molecule has 0 spiro atoms. The van der Waals surface area contributed by atoms with Crippen LogP contribution >= 0.6 is 11.6 Å². The van der Waals surface area contributed by atoms with E-state index in [9.17, 15) is 18.0 Å². The number of carboxylic acid groups (broad SMARTS) is 1. The smallest absolute Gasteiger partial charge is 0.389 e. The predicted molar refractivity (Wildman–Crippen MR) is 57.0 cm³/mol. The standard InChI is InChI=1S/C10H9ClF3NO3/c11-7-4-6(9(16)17)5-15-8(7)18-3-1-2-10(12,13)14/h4-5H,1-3H2,(H,16,17). The van der Waals surface area contributed by atoms with Crippen molar-refractivity contribution in [2.75, 3.05) is 6.61 Å². The van der Waals surface area contributed by atoms with Gasteiger partial charge in [0.25, 0.3) is 0 Å². The molecule has 8 heteroatoms. The molecule has 0 aromatic carbocycles. The van der Waals surface area contributed by atoms with Crippen molar-refractivity contribution in [2.45, 2.75) is 19.0 Å². The molecule has 1 N–H and O–H groups in total. The molecule has 0 saturated carbocycles. The molecule has 0 amide bonds. The molecule has 0 aliphatic rings. The summed E-state index contributed by atoms with van der Waals surface area (Å²) in [5.41, 5.74) is -0.123. The van der Waals surface area contributed by atoms with Crippen LogP contribution in [-0.2, 0) is 0 Å². The summed E-state index contributed by atoms with van der Waals surface area (Å²) in [7, 11) is 0. The first-order valence-electron chi connectivity index (χ1n) is 4.88. The first-order chi connectivity index (χ1) is 8.29. The Labute approximate surface area is 105 Å². The van der Waals surface area contributed by atoms with Crippen molar-refractivity contribution in [1.82, 2.24) is 4.98 Å². The van der Waals surface area contributed by atoms with E-state index in [4.69, 9.17) is 21.4 Å². The molecule has 0 aliphatic carbocycles. The van der Waals surface area contributed by atoms with Crippen molar-refractivity contribution in [3.8, 4) is 5.88 Å². The highest BCUT2D eigenvalue weighted by Gasteiger charge is 2.26. The van der Waals surface area contributed by atoms with E-state index in [1.54, 1.807) is 0 Å². The van der Waals surface area contributed by atoms with E-state index in [0.29, 0.717) is 0 Å². The normalized spacial score (nSPS) is 11.3. The van der Waals surface area contributed by atoms with Crippen molar-refractivity contribution in [1.29, 1.82) is 0 Å². The van der Waals surface area contributed by atoms with Crippen LogP contribution in [0.25, 0.3) is 0 Å². The Hall–Kier alpha value is -1.50. The summed E-state index contributed by atoms with van der Waals surface area (Å²) < 4.78 is 40.5. The fourth-order valence-corrected chi connectivity index (χ4v) is 1.31. The maximum atomic E-state index is 11.8. The Morgan fingerprint density at radius 3 is 2.67 bits per heavy atom. The zero-order valence-corrected chi connectivity index (χ0v) is 9.75. The molecule has 0 aliphatic heterocycles. The zero-order valence-electron chi connectivity index (χ0n) is 9.00. The maximum Gasteiger partial charge on any atom is 0.389 e. The minimum Gasteiger partial charge on any atom is -0.478 e. The van der Waals surface area contributed by atoms with Gasteiger partial charge < -0.3 is 9.84 Å². The van der Waals surface area contributed by atoms with Gasteiger partial charge in [0, 0.05) is 12.6 Å². The first-order valence-corrected chi connectivity index (χ1v) is 5.26. The SMILES string of the molecule is O=C(O)c1cnc(OCCCC(F)(F)F)c(Cl)c1. The summed E-state index contributed by atoms with van der Waals surface area (Å²) in [6.45, 7) is -0.196. The third kappa shape index (κ3) is 4.79. The number of pyridine rings is 1. The van der Waals surface area contributed by atoms with Gasteiger partial charge in [-0.2, -0.15) is 13.2 Å². The highest BCUT2D eigenvalue weighted by Crippen LogP contribution is 2.24. The van der Waals surface area contributed by atoms with E-state index in [0.717, 1.165) is 12.3 Å². The van der Waals surface area contributed by atoms with Crippen LogP contribution in [-0.4, -0.2) is 28.8 Å². The van der Waals surface area contributed by atoms with Gasteiger partial charge in [0.05, 0.1) is 12.2 Å². The molecule has 18 heavy (non-hydrogen) atoms. The van der Waals surface area contributed by atoms with Gasteiger partial charge in [0.1, 0.15) is 5.02 Å². The first kappa shape index (κ1) is 14.6. The number of aromatic carboxylic acids is 1. The number of aromatic nitrogens is 1. The number of carboxylic acids is 1. The molecule has 1 heterocycles. The van der Waals surface area contributed by atoms with Gasteiger partial charge in [-0.3, -0.25) is 0 Å². The van der Waals surface area contributed by atoms with E-state index in [2.05, 4.69) is 4.98 Å². The largest absolute Gasteiger partial charge is 0.478 e. The zero-order chi connectivity index (χ0) is 13.8. The van der Waals surface area contributed by atoms with Crippen LogP contribution in [0.15, 0.2) is 12.3 Å². The second-order valence-corrected chi connectivity index (χ2v) is 3.79. The van der Waals surface area contributed by atoms with E-state index in [-0.39, 0.29) is 29.5 Å². The maximum absolute atomic E-state index is 11.8. The number of nitrogens with zero attached hydrogens (tertiary/aromatic N) is 1. The number of halogens is 4. The van der Waals surface area contributed by atoms with Crippen LogP contribution in [0.5, 0.6) is 5.88 Å². The molecule has 0 unspecified atom stereocenters. The summed E-state index contributed by atoms with van der Waals surface area (Å²) in [6.07, 6.45) is -4.39. The summed E-state index contributed by atoms with van der Waals surface area (Å²) in [5, 5.41) is 8.59. The molecule has 4 nitrogen and oxygen atoms in total. The van der Waals surface area contributed by atoms with Crippen LogP contribution in [0, 0.1) is 0 Å². The lowest BCUT2D eigenvalue weighted by atomic mass is 10.3. The van der Waals surface area contributed by atoms with Gasteiger partial charge in [-0.1, -0.05) is 11.6 Å². The Balaban J connectivity index is 2.51. The lowest BCUT2D eigenvalue weighted by Gasteiger charge is -2.08. The van der Waals surface area contributed by atoms with Gasteiger partial charge in [-0.05, 0) is 12.5 Å². The van der Waals surface area contributed by atoms with E-state index < -0.39 is 18.6 Å². The molecule has 0 saturated heterocycles. The molecule has 0 atom stereocenters. The number of ether oxygens (including phenoxy) is 1. The van der Waals surface area contributed by atoms with Gasteiger partial charge in [-0.25, -0.2) is 9.78 Å². The molecule has 1 rings (SSSR count). The minimum atomic E-state index is -4.23. The molecular weight excluding hydrogens is 275 g/mol. The van der Waals surface area contributed by atoms with Crippen molar-refractivity contribution < 1.29 is 27.8 Å². The van der Waals surface area contributed by atoms with Gasteiger partial charge in [-0.15, -0.1) is 0 Å². The van der Waals surface area contributed by atoms with Gasteiger partial charge >= 0.3 is 12.1 Å². The molecular formula is C10H9ClF3NO3. The Morgan fingerprint density at radius 2 is 2.17 bits per heavy atom. The van der Waals surface area contributed by atoms with Crippen LogP contribution in [0.3, 0.4) is 0 Å². The molecule has 0 fully saturated rings. The third-order valence-corrected chi connectivity index (χ3v) is 2.17. The summed E-state index contributed by atoms with van der Waals surface area (Å²) in [5.74, 6) is -1.28. The van der Waals surface area contributed by atoms with Crippen molar-refractivity contribution in [3.63, 3.8) is 0 Å². The molecule has 0 radical (unpaired) electrons. The Kier molecular flexibility index (Phi) is 4.77. The van der Waals surface area contributed by atoms with Crippen LogP contribution < -0.4 is 4.74 Å². The average molecular weight is 284 g/mol. The number of hydrogen-bond donors (Lipinski definition) is 1. The molecule has 0 bridgehead atoms. The minimum absolute atomic E-state index is 0.0538. The van der Waals surface area contributed by atoms with Crippen molar-refractivity contribution in [2.24, 2.45) is 0 Å². The third-order valence-electron chi connectivity index (χ3n) is 1.90. The van der Waals surface area contributed by atoms with Crippen LogP contribution in [0.2, 0.25) is 5.02 Å². The second kappa shape index (κ2) is 5.90. The fourth-order valence-electron chi connectivity index (χ4n) is 1.09. The second-order valence-electron chi connectivity index (χ2n) is 3.38. The average Bonchev–Trinajstić information content (AvgIpc) is 2.24. The highest BCUT2D eigenvalue weighted by atomic mass is 35.5. The number of carbonyl (C=O) groups is 1. The molecule has 1 aromatic rings. The highest BCUT2D eigenvalue weighted by molar-refractivity contribution is 6.32. The van der Waals surface area contributed by atoms with Crippen LogP contribution in [0.1, 0.15) is 23.2 Å². The number of hydrogen-bond acceptors (Lipinski definition) is 3. The number of alkyl halides is 3.